The third-order valence-electron chi connectivity index (χ3n) is 4.54. The molecule has 0 fully saturated rings. The van der Waals surface area contributed by atoms with E-state index in [4.69, 9.17) is 23.2 Å². The molecule has 0 unspecified atom stereocenters. The molecule has 8 nitrogen and oxygen atoms in total. The number of sulfonamides is 1. The van der Waals surface area contributed by atoms with Crippen molar-refractivity contribution in [3.63, 3.8) is 0 Å². The highest BCUT2D eigenvalue weighted by atomic mass is 35.5. The van der Waals surface area contributed by atoms with Gasteiger partial charge in [0.05, 0.1) is 26.7 Å². The Morgan fingerprint density at radius 1 is 1.17 bits per heavy atom. The molecule has 2 N–H and O–H groups in total. The van der Waals surface area contributed by atoms with Crippen LogP contribution < -0.4 is 15.8 Å². The van der Waals surface area contributed by atoms with Crippen LogP contribution >= 0.6 is 34.5 Å². The van der Waals surface area contributed by atoms with Crippen molar-refractivity contribution in [2.24, 2.45) is 0 Å². The Balaban J connectivity index is 1.48. The standard InChI is InChI=1S/C18H14Cl2N4O4S2/c19-13-9-21-24(18(26)16(13)20)11-4-6-12(7-5-11)30(27,28)23-22-17(25)15-8-10-2-1-3-14(10)29-15/h4-9,23H,1-3H2,(H,22,25). The molecule has 30 heavy (non-hydrogen) atoms. The molecule has 0 radical (unpaired) electrons. The second-order valence-corrected chi connectivity index (χ2v) is 10.1. The van der Waals surface area contributed by atoms with Crippen LogP contribution in [-0.2, 0) is 22.9 Å². The molecule has 156 valence electrons. The summed E-state index contributed by atoms with van der Waals surface area (Å²) in [7, 11) is -4.01. The molecule has 1 amide bonds. The molecule has 0 bridgehead atoms. The number of hydrogen-bond acceptors (Lipinski definition) is 6. The highest BCUT2D eigenvalue weighted by molar-refractivity contribution is 7.89. The molecule has 1 aromatic carbocycles. The monoisotopic (exact) mass is 484 g/mol. The van der Waals surface area contributed by atoms with Crippen molar-refractivity contribution in [1.29, 1.82) is 0 Å². The summed E-state index contributed by atoms with van der Waals surface area (Å²) in [4.78, 5) is 28.0. The summed E-state index contributed by atoms with van der Waals surface area (Å²) in [6.45, 7) is 0. The lowest BCUT2D eigenvalue weighted by Gasteiger charge is -2.09. The van der Waals surface area contributed by atoms with Crippen LogP contribution in [-0.4, -0.2) is 24.1 Å². The van der Waals surface area contributed by atoms with Gasteiger partial charge in [-0.1, -0.05) is 23.2 Å². The van der Waals surface area contributed by atoms with Crippen LogP contribution in [0.2, 0.25) is 10.0 Å². The van der Waals surface area contributed by atoms with Gasteiger partial charge in [0.2, 0.25) is 0 Å². The largest absolute Gasteiger partial charge is 0.291 e. The predicted octanol–water partition coefficient (Wildman–Crippen LogP) is 2.71. The number of thiophene rings is 1. The Morgan fingerprint density at radius 3 is 2.60 bits per heavy atom. The van der Waals surface area contributed by atoms with Gasteiger partial charge in [-0.25, -0.2) is 8.42 Å². The molecule has 3 aromatic rings. The number of hydrazine groups is 1. The molecule has 12 heteroatoms. The number of rotatable bonds is 5. The topological polar surface area (TPSA) is 110 Å². The molecule has 0 spiro atoms. The third-order valence-corrected chi connectivity index (χ3v) is 7.79. The molecular weight excluding hydrogens is 471 g/mol. The van der Waals surface area contributed by atoms with Gasteiger partial charge in [0.25, 0.3) is 21.5 Å². The zero-order chi connectivity index (χ0) is 21.5. The molecule has 2 heterocycles. The lowest BCUT2D eigenvalue weighted by molar-refractivity contribution is 0.0949. The summed E-state index contributed by atoms with van der Waals surface area (Å²) in [5, 5.41) is 3.72. The van der Waals surface area contributed by atoms with E-state index in [1.807, 2.05) is 0 Å². The highest BCUT2D eigenvalue weighted by Gasteiger charge is 2.21. The Kier molecular flexibility index (Phi) is 5.69. The van der Waals surface area contributed by atoms with Crippen LogP contribution in [0.25, 0.3) is 5.69 Å². The van der Waals surface area contributed by atoms with Gasteiger partial charge in [0.15, 0.2) is 0 Å². The summed E-state index contributed by atoms with van der Waals surface area (Å²) in [6, 6.07) is 7.13. The number of amides is 1. The van der Waals surface area contributed by atoms with E-state index >= 15 is 0 Å². The zero-order valence-corrected chi connectivity index (χ0v) is 18.3. The number of aryl methyl sites for hydroxylation is 2. The quantitative estimate of drug-likeness (QED) is 0.540. The average Bonchev–Trinajstić information content (AvgIpc) is 3.33. The van der Waals surface area contributed by atoms with Crippen LogP contribution in [0, 0.1) is 0 Å². The van der Waals surface area contributed by atoms with E-state index in [0.717, 1.165) is 29.5 Å². The van der Waals surface area contributed by atoms with E-state index in [1.165, 1.54) is 46.7 Å². The second-order valence-electron chi connectivity index (χ2n) is 6.49. The first-order valence-corrected chi connectivity index (χ1v) is 11.8. The van der Waals surface area contributed by atoms with E-state index in [0.29, 0.717) is 10.6 Å². The van der Waals surface area contributed by atoms with Gasteiger partial charge >= 0.3 is 0 Å². The van der Waals surface area contributed by atoms with Crippen molar-refractivity contribution in [1.82, 2.24) is 20.0 Å². The van der Waals surface area contributed by atoms with Crippen LogP contribution in [0.3, 0.4) is 0 Å². The molecule has 0 aliphatic heterocycles. The van der Waals surface area contributed by atoms with Gasteiger partial charge in [0, 0.05) is 4.88 Å². The first-order valence-electron chi connectivity index (χ1n) is 8.74. The first kappa shape index (κ1) is 21.0. The molecule has 0 saturated heterocycles. The maximum atomic E-state index is 12.5. The minimum absolute atomic E-state index is 0.0213. The van der Waals surface area contributed by atoms with Gasteiger partial charge < -0.3 is 0 Å². The summed E-state index contributed by atoms with van der Waals surface area (Å²) >= 11 is 13.0. The van der Waals surface area contributed by atoms with Crippen molar-refractivity contribution in [2.75, 3.05) is 0 Å². The number of hydrogen-bond donors (Lipinski definition) is 2. The van der Waals surface area contributed by atoms with Crippen molar-refractivity contribution < 1.29 is 13.2 Å². The van der Waals surface area contributed by atoms with Crippen molar-refractivity contribution in [2.45, 2.75) is 24.2 Å². The van der Waals surface area contributed by atoms with E-state index in [1.54, 1.807) is 6.07 Å². The fraction of sp³-hybridized carbons (Fsp3) is 0.167. The predicted molar refractivity (Wildman–Crippen MR) is 114 cm³/mol. The molecule has 1 aliphatic carbocycles. The van der Waals surface area contributed by atoms with Crippen LogP contribution in [0.1, 0.15) is 26.5 Å². The Hall–Kier alpha value is -2.24. The molecular formula is C18H14Cl2N4O4S2. The lowest BCUT2D eigenvalue weighted by Crippen LogP contribution is -2.41. The minimum Gasteiger partial charge on any atom is -0.273 e. The number of fused-ring (bicyclic) bond motifs is 1. The van der Waals surface area contributed by atoms with Gasteiger partial charge in [-0.2, -0.15) is 9.78 Å². The molecule has 0 saturated carbocycles. The smallest absolute Gasteiger partial charge is 0.273 e. The van der Waals surface area contributed by atoms with E-state index in [-0.39, 0.29) is 14.9 Å². The molecule has 0 atom stereocenters. The summed E-state index contributed by atoms with van der Waals surface area (Å²) in [5.41, 5.74) is 3.05. The first-order chi connectivity index (χ1) is 14.3. The number of aromatic nitrogens is 2. The second kappa shape index (κ2) is 8.12. The van der Waals surface area contributed by atoms with Gasteiger partial charge in [-0.15, -0.1) is 16.2 Å². The van der Waals surface area contributed by atoms with Gasteiger partial charge in [-0.05, 0) is 55.2 Å². The van der Waals surface area contributed by atoms with E-state index < -0.39 is 21.5 Å². The fourth-order valence-electron chi connectivity index (χ4n) is 3.04. The number of halogens is 2. The Labute approximate surface area is 185 Å². The van der Waals surface area contributed by atoms with Gasteiger partial charge in [0.1, 0.15) is 5.02 Å². The highest BCUT2D eigenvalue weighted by Crippen LogP contribution is 2.30. The number of carbonyl (C=O) groups is 1. The van der Waals surface area contributed by atoms with Crippen molar-refractivity contribution >= 4 is 50.5 Å². The average molecular weight is 485 g/mol. The van der Waals surface area contributed by atoms with Crippen LogP contribution in [0.5, 0.6) is 0 Å². The maximum absolute atomic E-state index is 12.5. The normalized spacial score (nSPS) is 13.3. The number of benzene rings is 1. The maximum Gasteiger partial charge on any atom is 0.291 e. The van der Waals surface area contributed by atoms with Crippen LogP contribution in [0.4, 0.5) is 0 Å². The van der Waals surface area contributed by atoms with Crippen LogP contribution in [0.15, 0.2) is 46.2 Å². The molecule has 4 rings (SSSR count). The minimum atomic E-state index is -4.01. The van der Waals surface area contributed by atoms with E-state index in [2.05, 4.69) is 15.4 Å². The number of nitrogens with zero attached hydrogens (tertiary/aromatic N) is 2. The van der Waals surface area contributed by atoms with Crippen molar-refractivity contribution in [3.8, 4) is 5.69 Å². The Morgan fingerprint density at radius 2 is 1.90 bits per heavy atom. The number of nitrogens with one attached hydrogen (secondary N) is 2. The molecule has 1 aliphatic rings. The third kappa shape index (κ3) is 4.01. The van der Waals surface area contributed by atoms with E-state index in [9.17, 15) is 18.0 Å². The number of carbonyl (C=O) groups excluding carboxylic acids is 1. The zero-order valence-electron chi connectivity index (χ0n) is 15.2. The lowest BCUT2D eigenvalue weighted by atomic mass is 10.2. The van der Waals surface area contributed by atoms with Crippen molar-refractivity contribution in [3.05, 3.63) is 72.2 Å². The SMILES string of the molecule is O=C(NNS(=O)(=O)c1ccc(-n2ncc(Cl)c(Cl)c2=O)cc1)c1cc2c(s1)CCC2. The molecule has 2 aromatic heterocycles. The summed E-state index contributed by atoms with van der Waals surface area (Å²) in [6.07, 6.45) is 4.18. The summed E-state index contributed by atoms with van der Waals surface area (Å²) in [5.74, 6) is -0.513. The van der Waals surface area contributed by atoms with Gasteiger partial charge in [-0.3, -0.25) is 15.0 Å². The Bertz CT molecular complexity index is 1280. The fourth-order valence-corrected chi connectivity index (χ4v) is 5.28. The summed E-state index contributed by atoms with van der Waals surface area (Å²) < 4.78 is 25.9.